The Hall–Kier alpha value is -2.37. The number of ether oxygens (including phenoxy) is 1. The fourth-order valence-electron chi connectivity index (χ4n) is 1.44. The Bertz CT molecular complexity index is 485. The molecule has 0 aromatic heterocycles. The molecule has 0 aliphatic carbocycles. The molecule has 0 bridgehead atoms. The van der Waals surface area contributed by atoms with Gasteiger partial charge in [-0.05, 0) is 12.1 Å². The minimum absolute atomic E-state index is 0.134. The molecule has 0 radical (unpaired) electrons. The standard InChI is InChI=1S/C13H16N2O4/c1-9(16)14-8-7-12(17)15-11-6-4-3-5-10(11)13(18)19-2/h3-6H,7-8H2,1-2H3,(H,14,16)(H,15,17). The fourth-order valence-corrected chi connectivity index (χ4v) is 1.44. The van der Waals surface area contributed by atoms with Crippen LogP contribution in [0.4, 0.5) is 5.69 Å². The first kappa shape index (κ1) is 14.7. The van der Waals surface area contributed by atoms with Crippen molar-refractivity contribution in [2.75, 3.05) is 19.0 Å². The Morgan fingerprint density at radius 1 is 1.21 bits per heavy atom. The summed E-state index contributed by atoms with van der Waals surface area (Å²) in [5.74, 6) is -0.995. The first-order valence-electron chi connectivity index (χ1n) is 5.76. The molecule has 2 N–H and O–H groups in total. The number of benzene rings is 1. The third-order valence-corrected chi connectivity index (χ3v) is 2.33. The maximum absolute atomic E-state index is 11.6. The summed E-state index contributed by atoms with van der Waals surface area (Å²) in [5, 5.41) is 5.13. The maximum Gasteiger partial charge on any atom is 0.339 e. The zero-order valence-electron chi connectivity index (χ0n) is 10.9. The number of para-hydroxylation sites is 1. The van der Waals surface area contributed by atoms with Crippen molar-refractivity contribution >= 4 is 23.5 Å². The summed E-state index contributed by atoms with van der Waals surface area (Å²) in [4.78, 5) is 33.8. The van der Waals surface area contributed by atoms with E-state index in [9.17, 15) is 14.4 Å². The number of esters is 1. The summed E-state index contributed by atoms with van der Waals surface area (Å²) in [6, 6.07) is 6.56. The molecule has 0 saturated heterocycles. The number of carbonyl (C=O) groups is 3. The molecule has 102 valence electrons. The Morgan fingerprint density at radius 2 is 1.89 bits per heavy atom. The van der Waals surface area contributed by atoms with Gasteiger partial charge in [0.2, 0.25) is 11.8 Å². The monoisotopic (exact) mass is 264 g/mol. The van der Waals surface area contributed by atoms with Gasteiger partial charge >= 0.3 is 5.97 Å². The normalized spacial score (nSPS) is 9.58. The highest BCUT2D eigenvalue weighted by Crippen LogP contribution is 2.16. The number of rotatable bonds is 5. The van der Waals surface area contributed by atoms with Crippen molar-refractivity contribution in [1.82, 2.24) is 5.32 Å². The highest BCUT2D eigenvalue weighted by Gasteiger charge is 2.12. The molecule has 2 amide bonds. The van der Waals surface area contributed by atoms with E-state index in [1.165, 1.54) is 14.0 Å². The lowest BCUT2D eigenvalue weighted by Crippen LogP contribution is -2.25. The van der Waals surface area contributed by atoms with Gasteiger partial charge in [-0.3, -0.25) is 9.59 Å². The third kappa shape index (κ3) is 4.79. The van der Waals surface area contributed by atoms with Gasteiger partial charge in [-0.1, -0.05) is 12.1 Å². The van der Waals surface area contributed by atoms with Crippen molar-refractivity contribution in [3.05, 3.63) is 29.8 Å². The van der Waals surface area contributed by atoms with E-state index in [0.717, 1.165) is 0 Å². The van der Waals surface area contributed by atoms with Crippen molar-refractivity contribution in [3.8, 4) is 0 Å². The van der Waals surface area contributed by atoms with Crippen LogP contribution in [0.1, 0.15) is 23.7 Å². The van der Waals surface area contributed by atoms with Crippen molar-refractivity contribution in [1.29, 1.82) is 0 Å². The van der Waals surface area contributed by atoms with Gasteiger partial charge < -0.3 is 15.4 Å². The predicted molar refractivity (Wildman–Crippen MR) is 69.7 cm³/mol. The van der Waals surface area contributed by atoms with Crippen molar-refractivity contribution in [3.63, 3.8) is 0 Å². The van der Waals surface area contributed by atoms with Crippen LogP contribution in [0, 0.1) is 0 Å². The van der Waals surface area contributed by atoms with Crippen LogP contribution < -0.4 is 10.6 Å². The summed E-state index contributed by atoms with van der Waals surface area (Å²) >= 11 is 0. The van der Waals surface area contributed by atoms with Crippen molar-refractivity contribution < 1.29 is 19.1 Å². The van der Waals surface area contributed by atoms with E-state index < -0.39 is 5.97 Å². The Kier molecular flexibility index (Phi) is 5.53. The van der Waals surface area contributed by atoms with E-state index >= 15 is 0 Å². The van der Waals surface area contributed by atoms with Gasteiger partial charge in [0, 0.05) is 19.9 Å². The maximum atomic E-state index is 11.6. The molecule has 0 heterocycles. The number of nitrogens with one attached hydrogen (secondary N) is 2. The van der Waals surface area contributed by atoms with E-state index in [-0.39, 0.29) is 30.3 Å². The summed E-state index contributed by atoms with van der Waals surface area (Å²) < 4.78 is 4.62. The largest absolute Gasteiger partial charge is 0.465 e. The number of anilines is 1. The summed E-state index contributed by atoms with van der Waals surface area (Å²) in [6.07, 6.45) is 0.134. The van der Waals surface area contributed by atoms with Crippen LogP contribution in [0.15, 0.2) is 24.3 Å². The average molecular weight is 264 g/mol. The van der Waals surface area contributed by atoms with E-state index in [4.69, 9.17) is 0 Å². The van der Waals surface area contributed by atoms with Gasteiger partial charge in [0.1, 0.15) is 0 Å². The van der Waals surface area contributed by atoms with E-state index in [1.54, 1.807) is 24.3 Å². The highest BCUT2D eigenvalue weighted by atomic mass is 16.5. The van der Waals surface area contributed by atoms with Gasteiger partial charge in [-0.2, -0.15) is 0 Å². The van der Waals surface area contributed by atoms with Gasteiger partial charge in [-0.15, -0.1) is 0 Å². The van der Waals surface area contributed by atoms with Crippen LogP contribution in [-0.4, -0.2) is 31.4 Å². The van der Waals surface area contributed by atoms with Crippen LogP contribution in [0.25, 0.3) is 0 Å². The average Bonchev–Trinajstić information content (AvgIpc) is 2.38. The Labute approximate surface area is 111 Å². The molecule has 1 aromatic carbocycles. The fraction of sp³-hybridized carbons (Fsp3) is 0.308. The molecule has 1 aromatic rings. The molecule has 0 aliphatic heterocycles. The molecule has 6 heteroatoms. The quantitative estimate of drug-likeness (QED) is 0.775. The molecule has 19 heavy (non-hydrogen) atoms. The van der Waals surface area contributed by atoms with E-state index in [2.05, 4.69) is 15.4 Å². The van der Waals surface area contributed by atoms with E-state index in [0.29, 0.717) is 5.69 Å². The molecule has 0 fully saturated rings. The van der Waals surface area contributed by atoms with Crippen molar-refractivity contribution in [2.24, 2.45) is 0 Å². The number of hydrogen-bond donors (Lipinski definition) is 2. The van der Waals surface area contributed by atoms with Crippen LogP contribution in [0.2, 0.25) is 0 Å². The Morgan fingerprint density at radius 3 is 2.53 bits per heavy atom. The minimum atomic E-state index is -0.516. The second-order valence-electron chi connectivity index (χ2n) is 3.82. The molecule has 0 unspecified atom stereocenters. The SMILES string of the molecule is COC(=O)c1ccccc1NC(=O)CCNC(C)=O. The predicted octanol–water partition coefficient (Wildman–Crippen LogP) is 0.938. The molecule has 0 atom stereocenters. The smallest absolute Gasteiger partial charge is 0.339 e. The van der Waals surface area contributed by atoms with Gasteiger partial charge in [0.15, 0.2) is 0 Å². The Balaban J connectivity index is 2.64. The second-order valence-corrected chi connectivity index (χ2v) is 3.82. The molecule has 0 saturated carbocycles. The number of methoxy groups -OCH3 is 1. The van der Waals surface area contributed by atoms with Crippen LogP contribution in [-0.2, 0) is 14.3 Å². The van der Waals surface area contributed by atoms with Crippen LogP contribution in [0.5, 0.6) is 0 Å². The topological polar surface area (TPSA) is 84.5 Å². The molecule has 0 aliphatic rings. The molecular weight excluding hydrogens is 248 g/mol. The first-order valence-corrected chi connectivity index (χ1v) is 5.76. The zero-order valence-corrected chi connectivity index (χ0v) is 10.9. The number of carbonyl (C=O) groups excluding carboxylic acids is 3. The highest BCUT2D eigenvalue weighted by molar-refractivity contribution is 6.01. The molecule has 1 rings (SSSR count). The summed E-state index contributed by atoms with van der Waals surface area (Å²) in [6.45, 7) is 1.63. The second kappa shape index (κ2) is 7.15. The number of amides is 2. The lowest BCUT2D eigenvalue weighted by atomic mass is 10.1. The molecular formula is C13H16N2O4. The van der Waals surface area contributed by atoms with Gasteiger partial charge in [0.05, 0.1) is 18.4 Å². The molecule has 0 spiro atoms. The van der Waals surface area contributed by atoms with E-state index in [1.807, 2.05) is 0 Å². The van der Waals surface area contributed by atoms with Crippen molar-refractivity contribution in [2.45, 2.75) is 13.3 Å². The zero-order chi connectivity index (χ0) is 14.3. The number of hydrogen-bond acceptors (Lipinski definition) is 4. The lowest BCUT2D eigenvalue weighted by Gasteiger charge is -2.09. The lowest BCUT2D eigenvalue weighted by molar-refractivity contribution is -0.119. The first-order chi connectivity index (χ1) is 9.04. The van der Waals surface area contributed by atoms with Gasteiger partial charge in [-0.25, -0.2) is 4.79 Å². The van der Waals surface area contributed by atoms with Gasteiger partial charge in [0.25, 0.3) is 0 Å². The minimum Gasteiger partial charge on any atom is -0.465 e. The molecule has 6 nitrogen and oxygen atoms in total. The summed E-state index contributed by atoms with van der Waals surface area (Å²) in [7, 11) is 1.28. The van der Waals surface area contributed by atoms with Crippen LogP contribution >= 0.6 is 0 Å². The summed E-state index contributed by atoms with van der Waals surface area (Å²) in [5.41, 5.74) is 0.681. The van der Waals surface area contributed by atoms with Crippen LogP contribution in [0.3, 0.4) is 0 Å². The third-order valence-electron chi connectivity index (χ3n) is 2.33.